The van der Waals surface area contributed by atoms with Gasteiger partial charge in [-0.15, -0.1) is 11.3 Å². The Morgan fingerprint density at radius 3 is 2.84 bits per heavy atom. The molecule has 0 atom stereocenters. The number of nitrogens with two attached hydrogens (primary N) is 1. The maximum absolute atomic E-state index is 5.89. The van der Waals surface area contributed by atoms with Crippen molar-refractivity contribution in [1.82, 2.24) is 4.98 Å². The molecule has 3 rings (SSSR count). The van der Waals surface area contributed by atoms with Gasteiger partial charge in [0, 0.05) is 5.56 Å². The minimum absolute atomic E-state index is 0.605. The Bertz CT molecular complexity index is 688. The fourth-order valence-electron chi connectivity index (χ4n) is 1.94. The summed E-state index contributed by atoms with van der Waals surface area (Å²) in [5.74, 6) is 0.722. The minimum Gasteiger partial charge on any atom is -0.492 e. The molecule has 96 valence electrons. The molecule has 2 N–H and O–H groups in total. The zero-order valence-corrected chi connectivity index (χ0v) is 11.4. The largest absolute Gasteiger partial charge is 0.492 e. The first-order chi connectivity index (χ1) is 9.28. The standard InChI is InChI=1S/C15H14N2OS/c1-2-18-13-9-10(7-8-11(13)16)15-17-12-5-3-4-6-14(12)19-15/h3-9H,2,16H2,1H3. The molecule has 0 saturated carbocycles. The van der Waals surface area contributed by atoms with Gasteiger partial charge in [-0.2, -0.15) is 0 Å². The molecule has 0 radical (unpaired) electrons. The molecule has 3 nitrogen and oxygen atoms in total. The highest BCUT2D eigenvalue weighted by Gasteiger charge is 2.08. The Morgan fingerprint density at radius 1 is 1.21 bits per heavy atom. The Hall–Kier alpha value is -2.07. The lowest BCUT2D eigenvalue weighted by Gasteiger charge is -2.07. The number of anilines is 1. The summed E-state index contributed by atoms with van der Waals surface area (Å²) in [4.78, 5) is 4.64. The van der Waals surface area contributed by atoms with E-state index in [0.717, 1.165) is 21.8 Å². The van der Waals surface area contributed by atoms with Crippen molar-refractivity contribution in [2.24, 2.45) is 0 Å². The fourth-order valence-corrected chi connectivity index (χ4v) is 2.91. The molecule has 1 aromatic heterocycles. The van der Waals surface area contributed by atoms with Gasteiger partial charge in [0.15, 0.2) is 0 Å². The van der Waals surface area contributed by atoms with E-state index >= 15 is 0 Å². The van der Waals surface area contributed by atoms with E-state index in [9.17, 15) is 0 Å². The lowest BCUT2D eigenvalue weighted by atomic mass is 10.2. The van der Waals surface area contributed by atoms with Crippen molar-refractivity contribution in [2.45, 2.75) is 6.92 Å². The molecular weight excluding hydrogens is 256 g/mol. The second-order valence-corrected chi connectivity index (χ2v) is 5.20. The number of hydrogen-bond donors (Lipinski definition) is 1. The minimum atomic E-state index is 0.605. The number of aromatic nitrogens is 1. The highest BCUT2D eigenvalue weighted by molar-refractivity contribution is 7.21. The van der Waals surface area contributed by atoms with Gasteiger partial charge < -0.3 is 10.5 Å². The molecule has 0 saturated heterocycles. The predicted octanol–water partition coefficient (Wildman–Crippen LogP) is 3.94. The van der Waals surface area contributed by atoms with Crippen molar-refractivity contribution in [1.29, 1.82) is 0 Å². The highest BCUT2D eigenvalue weighted by atomic mass is 32.1. The molecule has 0 aliphatic rings. The van der Waals surface area contributed by atoms with Crippen LogP contribution in [0.15, 0.2) is 42.5 Å². The van der Waals surface area contributed by atoms with Crippen LogP contribution in [-0.4, -0.2) is 11.6 Å². The number of fused-ring (bicyclic) bond motifs is 1. The molecule has 0 aliphatic heterocycles. The van der Waals surface area contributed by atoms with Crippen LogP contribution < -0.4 is 10.5 Å². The molecule has 0 fully saturated rings. The van der Waals surface area contributed by atoms with Gasteiger partial charge in [-0.1, -0.05) is 12.1 Å². The maximum atomic E-state index is 5.89. The Morgan fingerprint density at radius 2 is 2.05 bits per heavy atom. The van der Waals surface area contributed by atoms with Crippen LogP contribution in [-0.2, 0) is 0 Å². The summed E-state index contributed by atoms with van der Waals surface area (Å²) in [5.41, 5.74) is 8.61. The van der Waals surface area contributed by atoms with Crippen molar-refractivity contribution in [2.75, 3.05) is 12.3 Å². The fraction of sp³-hybridized carbons (Fsp3) is 0.133. The number of nitrogen functional groups attached to an aromatic ring is 1. The van der Waals surface area contributed by atoms with E-state index in [0.29, 0.717) is 12.3 Å². The number of ether oxygens (including phenoxy) is 1. The van der Waals surface area contributed by atoms with Crippen LogP contribution in [0.25, 0.3) is 20.8 Å². The van der Waals surface area contributed by atoms with Gasteiger partial charge in [-0.05, 0) is 37.3 Å². The quantitative estimate of drug-likeness (QED) is 0.733. The normalized spacial score (nSPS) is 10.8. The van der Waals surface area contributed by atoms with Crippen LogP contribution >= 0.6 is 11.3 Å². The summed E-state index contributed by atoms with van der Waals surface area (Å²) < 4.78 is 6.71. The number of nitrogens with zero attached hydrogens (tertiary/aromatic N) is 1. The number of para-hydroxylation sites is 1. The van der Waals surface area contributed by atoms with Crippen molar-refractivity contribution in [3.8, 4) is 16.3 Å². The van der Waals surface area contributed by atoms with Gasteiger partial charge in [0.25, 0.3) is 0 Å². The van der Waals surface area contributed by atoms with Gasteiger partial charge >= 0.3 is 0 Å². The van der Waals surface area contributed by atoms with Crippen LogP contribution in [0.5, 0.6) is 5.75 Å². The van der Waals surface area contributed by atoms with Crippen molar-refractivity contribution < 1.29 is 4.74 Å². The monoisotopic (exact) mass is 270 g/mol. The van der Waals surface area contributed by atoms with Crippen LogP contribution in [0.4, 0.5) is 5.69 Å². The van der Waals surface area contributed by atoms with Gasteiger partial charge in [-0.3, -0.25) is 0 Å². The number of rotatable bonds is 3. The zero-order valence-electron chi connectivity index (χ0n) is 10.6. The maximum Gasteiger partial charge on any atom is 0.142 e. The first kappa shape index (κ1) is 12.0. The Kier molecular flexibility index (Phi) is 3.09. The van der Waals surface area contributed by atoms with E-state index < -0.39 is 0 Å². The third-order valence-electron chi connectivity index (χ3n) is 2.85. The van der Waals surface area contributed by atoms with Crippen LogP contribution in [0.3, 0.4) is 0 Å². The summed E-state index contributed by atoms with van der Waals surface area (Å²) in [5, 5.41) is 0.988. The average molecular weight is 270 g/mol. The number of hydrogen-bond acceptors (Lipinski definition) is 4. The molecule has 2 aromatic carbocycles. The SMILES string of the molecule is CCOc1cc(-c2nc3ccccc3s2)ccc1N. The topological polar surface area (TPSA) is 48.1 Å². The number of benzene rings is 2. The summed E-state index contributed by atoms with van der Waals surface area (Å²) in [6.07, 6.45) is 0. The first-order valence-corrected chi connectivity index (χ1v) is 6.98. The van der Waals surface area contributed by atoms with Crippen molar-refractivity contribution >= 4 is 27.2 Å². The second-order valence-electron chi connectivity index (χ2n) is 4.17. The summed E-state index contributed by atoms with van der Waals surface area (Å²) >= 11 is 1.68. The molecule has 1 heterocycles. The smallest absolute Gasteiger partial charge is 0.142 e. The van der Waals surface area contributed by atoms with Crippen LogP contribution in [0.2, 0.25) is 0 Å². The summed E-state index contributed by atoms with van der Waals surface area (Å²) in [6.45, 7) is 2.55. The zero-order chi connectivity index (χ0) is 13.2. The molecule has 0 amide bonds. The molecular formula is C15H14N2OS. The van der Waals surface area contributed by atoms with E-state index in [2.05, 4.69) is 11.1 Å². The molecule has 19 heavy (non-hydrogen) atoms. The van der Waals surface area contributed by atoms with Crippen molar-refractivity contribution in [3.05, 3.63) is 42.5 Å². The van der Waals surface area contributed by atoms with E-state index in [1.165, 1.54) is 4.70 Å². The van der Waals surface area contributed by atoms with E-state index in [-0.39, 0.29) is 0 Å². The number of thiazole rings is 1. The van der Waals surface area contributed by atoms with Gasteiger partial charge in [-0.25, -0.2) is 4.98 Å². The Labute approximate surface area is 115 Å². The molecule has 0 spiro atoms. The van der Waals surface area contributed by atoms with Crippen LogP contribution in [0.1, 0.15) is 6.92 Å². The third kappa shape index (κ3) is 2.27. The van der Waals surface area contributed by atoms with Gasteiger partial charge in [0.2, 0.25) is 0 Å². The Balaban J connectivity index is 2.08. The van der Waals surface area contributed by atoms with E-state index in [4.69, 9.17) is 10.5 Å². The third-order valence-corrected chi connectivity index (χ3v) is 3.94. The average Bonchev–Trinajstić information content (AvgIpc) is 2.85. The van der Waals surface area contributed by atoms with E-state index in [1.54, 1.807) is 11.3 Å². The molecule has 4 heteroatoms. The molecule has 3 aromatic rings. The molecule has 0 unspecified atom stereocenters. The lowest BCUT2D eigenvalue weighted by Crippen LogP contribution is -1.96. The summed E-state index contributed by atoms with van der Waals surface area (Å²) in [6, 6.07) is 13.9. The predicted molar refractivity (Wildman–Crippen MR) is 80.6 cm³/mol. The van der Waals surface area contributed by atoms with E-state index in [1.807, 2.05) is 43.3 Å². The van der Waals surface area contributed by atoms with Crippen molar-refractivity contribution in [3.63, 3.8) is 0 Å². The van der Waals surface area contributed by atoms with Gasteiger partial charge in [0.1, 0.15) is 10.8 Å². The first-order valence-electron chi connectivity index (χ1n) is 6.16. The summed E-state index contributed by atoms with van der Waals surface area (Å²) in [7, 11) is 0. The molecule has 0 aliphatic carbocycles. The van der Waals surface area contributed by atoms with Crippen LogP contribution in [0, 0.1) is 0 Å². The second kappa shape index (κ2) is 4.90. The lowest BCUT2D eigenvalue weighted by molar-refractivity contribution is 0.342. The highest BCUT2D eigenvalue weighted by Crippen LogP contribution is 2.33. The van der Waals surface area contributed by atoms with Gasteiger partial charge in [0.05, 0.1) is 22.5 Å². The molecule has 0 bridgehead atoms.